The van der Waals surface area contributed by atoms with Crippen LogP contribution in [0.2, 0.25) is 0 Å². The Morgan fingerprint density at radius 3 is 1.73 bits per heavy atom. The number of hydrogen-bond donors (Lipinski definition) is 1. The number of allylic oxidation sites excluding steroid dienone is 2. The lowest BCUT2D eigenvalue weighted by Crippen LogP contribution is -2.40. The third-order valence-corrected chi connectivity index (χ3v) is 4.90. The van der Waals surface area contributed by atoms with E-state index in [-0.39, 0.29) is 18.4 Å². The summed E-state index contributed by atoms with van der Waals surface area (Å²) in [6.45, 7) is 1.96. The molecule has 0 saturated heterocycles. The molecule has 0 spiro atoms. The molecule has 0 bridgehead atoms. The summed E-state index contributed by atoms with van der Waals surface area (Å²) in [4.78, 5) is 24.9. The van der Waals surface area contributed by atoms with Gasteiger partial charge in [0.15, 0.2) is 0 Å². The lowest BCUT2D eigenvalue weighted by atomic mass is 9.66. The summed E-state index contributed by atoms with van der Waals surface area (Å²) in [6, 6.07) is 19.0. The second kappa shape index (κ2) is 8.00. The second-order valence-electron chi connectivity index (χ2n) is 6.40. The fraction of sp³-hybridized carbons (Fsp3) is 0.273. The van der Waals surface area contributed by atoms with E-state index in [1.165, 1.54) is 0 Å². The van der Waals surface area contributed by atoms with Crippen molar-refractivity contribution in [3.63, 3.8) is 0 Å². The molecule has 134 valence electrons. The van der Waals surface area contributed by atoms with Gasteiger partial charge in [0.05, 0.1) is 18.4 Å². The molecule has 4 atom stereocenters. The van der Waals surface area contributed by atoms with Crippen LogP contribution in [0.15, 0.2) is 72.8 Å². The number of benzene rings is 2. The Hall–Kier alpha value is -2.88. The fourth-order valence-corrected chi connectivity index (χ4v) is 3.75. The molecule has 0 aliphatic heterocycles. The molecule has 1 aliphatic carbocycles. The van der Waals surface area contributed by atoms with Crippen LogP contribution in [0, 0.1) is 11.8 Å². The van der Waals surface area contributed by atoms with Gasteiger partial charge in [0.2, 0.25) is 0 Å². The molecule has 0 radical (unpaired) electrons. The maximum atomic E-state index is 12.8. The largest absolute Gasteiger partial charge is 0.481 e. The van der Waals surface area contributed by atoms with Gasteiger partial charge < -0.3 is 9.84 Å². The molecule has 0 amide bonds. The number of carbonyl (C=O) groups is 2. The lowest BCUT2D eigenvalue weighted by Gasteiger charge is -2.36. The summed E-state index contributed by atoms with van der Waals surface area (Å²) in [6.07, 6.45) is 3.87. The van der Waals surface area contributed by atoms with Crippen molar-refractivity contribution in [3.05, 3.63) is 83.9 Å². The zero-order chi connectivity index (χ0) is 18.5. The number of ether oxygens (including phenoxy) is 1. The standard InChI is InChI=1S/C22H22O4/c1-2-26-22(25)20-18(16-11-7-4-8-12-16)14-13-17(19(20)21(23)24)15-9-5-3-6-10-15/h3-14,17-20H,2H2,1H3,(H,23,24)/t17-,18+,19-,20+/m0/s1. The normalized spacial score (nSPS) is 24.8. The Morgan fingerprint density at radius 2 is 1.31 bits per heavy atom. The van der Waals surface area contributed by atoms with E-state index in [9.17, 15) is 14.7 Å². The van der Waals surface area contributed by atoms with Crippen LogP contribution in [0.1, 0.15) is 29.9 Å². The Labute approximate surface area is 153 Å². The predicted molar refractivity (Wildman–Crippen MR) is 98.8 cm³/mol. The maximum Gasteiger partial charge on any atom is 0.310 e. The van der Waals surface area contributed by atoms with Gasteiger partial charge in [0, 0.05) is 11.8 Å². The fourth-order valence-electron chi connectivity index (χ4n) is 3.75. The van der Waals surface area contributed by atoms with E-state index in [0.29, 0.717) is 0 Å². The van der Waals surface area contributed by atoms with Crippen LogP contribution < -0.4 is 0 Å². The number of carboxylic acids is 1. The Bertz CT molecular complexity index is 782. The van der Waals surface area contributed by atoms with Gasteiger partial charge in [0.25, 0.3) is 0 Å². The van der Waals surface area contributed by atoms with Gasteiger partial charge >= 0.3 is 11.9 Å². The molecule has 0 unspecified atom stereocenters. The van der Waals surface area contributed by atoms with Crippen molar-refractivity contribution < 1.29 is 19.4 Å². The van der Waals surface area contributed by atoms with Gasteiger partial charge in [-0.25, -0.2) is 0 Å². The lowest BCUT2D eigenvalue weighted by molar-refractivity contribution is -0.159. The zero-order valence-electron chi connectivity index (χ0n) is 14.6. The summed E-state index contributed by atoms with van der Waals surface area (Å²) in [5.41, 5.74) is 1.80. The highest BCUT2D eigenvalue weighted by Crippen LogP contribution is 2.45. The third-order valence-electron chi connectivity index (χ3n) is 4.90. The quantitative estimate of drug-likeness (QED) is 0.654. The van der Waals surface area contributed by atoms with E-state index < -0.39 is 23.8 Å². The van der Waals surface area contributed by atoms with Crippen molar-refractivity contribution in [2.24, 2.45) is 11.8 Å². The average molecular weight is 350 g/mol. The molecule has 0 saturated carbocycles. The van der Waals surface area contributed by atoms with Crippen LogP contribution in [-0.2, 0) is 14.3 Å². The van der Waals surface area contributed by atoms with Crippen LogP contribution in [0.4, 0.5) is 0 Å². The monoisotopic (exact) mass is 350 g/mol. The summed E-state index contributed by atoms with van der Waals surface area (Å²) < 4.78 is 5.26. The summed E-state index contributed by atoms with van der Waals surface area (Å²) in [7, 11) is 0. The molecule has 26 heavy (non-hydrogen) atoms. The van der Waals surface area contributed by atoms with E-state index in [0.717, 1.165) is 11.1 Å². The van der Waals surface area contributed by atoms with Crippen molar-refractivity contribution in [2.75, 3.05) is 6.61 Å². The van der Waals surface area contributed by atoms with Crippen molar-refractivity contribution in [1.82, 2.24) is 0 Å². The van der Waals surface area contributed by atoms with E-state index >= 15 is 0 Å². The number of esters is 1. The van der Waals surface area contributed by atoms with E-state index in [1.807, 2.05) is 72.8 Å². The molecule has 1 aliphatic rings. The topological polar surface area (TPSA) is 63.6 Å². The molecule has 3 rings (SSSR count). The number of carbonyl (C=O) groups excluding carboxylic acids is 1. The predicted octanol–water partition coefficient (Wildman–Crippen LogP) is 4.00. The third kappa shape index (κ3) is 3.54. The van der Waals surface area contributed by atoms with Crippen molar-refractivity contribution in [1.29, 1.82) is 0 Å². The number of hydrogen-bond acceptors (Lipinski definition) is 3. The number of aliphatic carboxylic acids is 1. The molecule has 0 heterocycles. The first-order valence-corrected chi connectivity index (χ1v) is 8.81. The summed E-state index contributed by atoms with van der Waals surface area (Å²) >= 11 is 0. The van der Waals surface area contributed by atoms with Gasteiger partial charge in [-0.15, -0.1) is 0 Å². The SMILES string of the molecule is CCOC(=O)[C@H]1[C@@H](C(=O)O)[C@H](c2ccccc2)C=C[C@@H]1c1ccccc1. The highest BCUT2D eigenvalue weighted by atomic mass is 16.5. The molecule has 2 aromatic carbocycles. The Kier molecular flexibility index (Phi) is 5.52. The van der Waals surface area contributed by atoms with Gasteiger partial charge in [-0.05, 0) is 18.1 Å². The first-order valence-electron chi connectivity index (χ1n) is 8.81. The van der Waals surface area contributed by atoms with Crippen LogP contribution in [0.3, 0.4) is 0 Å². The molecule has 0 aromatic heterocycles. The average Bonchev–Trinajstić information content (AvgIpc) is 2.68. The van der Waals surface area contributed by atoms with E-state index in [1.54, 1.807) is 6.92 Å². The maximum absolute atomic E-state index is 12.8. The van der Waals surface area contributed by atoms with Crippen LogP contribution in [0.5, 0.6) is 0 Å². The molecule has 4 nitrogen and oxygen atoms in total. The minimum Gasteiger partial charge on any atom is -0.481 e. The zero-order valence-corrected chi connectivity index (χ0v) is 14.6. The van der Waals surface area contributed by atoms with Gasteiger partial charge in [-0.2, -0.15) is 0 Å². The van der Waals surface area contributed by atoms with Gasteiger partial charge in [-0.3, -0.25) is 9.59 Å². The van der Waals surface area contributed by atoms with Gasteiger partial charge in [0.1, 0.15) is 0 Å². The van der Waals surface area contributed by atoms with Gasteiger partial charge in [-0.1, -0.05) is 72.8 Å². The first kappa shape index (κ1) is 17.9. The molecule has 4 heteroatoms. The van der Waals surface area contributed by atoms with Crippen LogP contribution in [-0.4, -0.2) is 23.7 Å². The van der Waals surface area contributed by atoms with Crippen LogP contribution in [0.25, 0.3) is 0 Å². The molecule has 0 fully saturated rings. The smallest absolute Gasteiger partial charge is 0.310 e. The van der Waals surface area contributed by atoms with Crippen molar-refractivity contribution >= 4 is 11.9 Å². The Balaban J connectivity index is 2.09. The Morgan fingerprint density at radius 1 is 0.846 bits per heavy atom. The van der Waals surface area contributed by atoms with Crippen molar-refractivity contribution in [2.45, 2.75) is 18.8 Å². The summed E-state index contributed by atoms with van der Waals surface area (Å²) in [5.74, 6) is -3.79. The molecular formula is C22H22O4. The minimum absolute atomic E-state index is 0.225. The van der Waals surface area contributed by atoms with E-state index in [4.69, 9.17) is 4.74 Å². The molecule has 2 aromatic rings. The number of rotatable bonds is 5. The summed E-state index contributed by atoms with van der Waals surface area (Å²) in [5, 5.41) is 9.98. The highest BCUT2D eigenvalue weighted by Gasteiger charge is 2.46. The number of carboxylic acid groups (broad SMARTS) is 1. The second-order valence-corrected chi connectivity index (χ2v) is 6.40. The highest BCUT2D eigenvalue weighted by molar-refractivity contribution is 5.84. The molecule has 1 N–H and O–H groups in total. The van der Waals surface area contributed by atoms with E-state index in [2.05, 4.69) is 0 Å². The molecular weight excluding hydrogens is 328 g/mol. The van der Waals surface area contributed by atoms with Crippen LogP contribution >= 0.6 is 0 Å². The first-order chi connectivity index (χ1) is 12.6. The van der Waals surface area contributed by atoms with Crippen molar-refractivity contribution in [3.8, 4) is 0 Å². The minimum atomic E-state index is -0.984.